The van der Waals surface area contributed by atoms with Gasteiger partial charge in [0.2, 0.25) is 0 Å². The van der Waals surface area contributed by atoms with Crippen LogP contribution >= 0.6 is 0 Å². The second-order valence-corrected chi connectivity index (χ2v) is 6.52. The lowest BCUT2D eigenvalue weighted by molar-refractivity contribution is 0.0958. The van der Waals surface area contributed by atoms with Crippen molar-refractivity contribution in [3.05, 3.63) is 36.4 Å². The number of sulfonamides is 1. The third-order valence-electron chi connectivity index (χ3n) is 3.29. The molecule has 118 valence electrons. The lowest BCUT2D eigenvalue weighted by Gasteiger charge is -2.29. The minimum absolute atomic E-state index is 0.0674. The molecule has 0 atom stereocenters. The van der Waals surface area contributed by atoms with E-state index >= 15 is 0 Å². The summed E-state index contributed by atoms with van der Waals surface area (Å²) >= 11 is 0. The van der Waals surface area contributed by atoms with E-state index in [4.69, 9.17) is 0 Å². The summed E-state index contributed by atoms with van der Waals surface area (Å²) in [5.74, 6) is 0.101. The van der Waals surface area contributed by atoms with Crippen molar-refractivity contribution in [2.75, 3.05) is 18.0 Å². The first-order chi connectivity index (χ1) is 10.4. The lowest BCUT2D eigenvalue weighted by atomic mass is 10.1. The van der Waals surface area contributed by atoms with Gasteiger partial charge in [-0.3, -0.25) is 4.79 Å². The summed E-state index contributed by atoms with van der Waals surface area (Å²) in [5, 5.41) is 2.63. The van der Waals surface area contributed by atoms with E-state index in [1.807, 2.05) is 11.8 Å². The van der Waals surface area contributed by atoms with Crippen molar-refractivity contribution >= 4 is 27.5 Å². The predicted molar refractivity (Wildman–Crippen MR) is 86.9 cm³/mol. The van der Waals surface area contributed by atoms with E-state index in [2.05, 4.69) is 16.3 Å². The summed E-state index contributed by atoms with van der Waals surface area (Å²) < 4.78 is 28.3. The van der Waals surface area contributed by atoms with Crippen molar-refractivity contribution in [1.29, 1.82) is 0 Å². The highest BCUT2D eigenvalue weighted by Gasteiger charge is 2.29. The number of carbonyl (C=O) groups is 1. The van der Waals surface area contributed by atoms with E-state index in [9.17, 15) is 13.2 Å². The maximum atomic E-state index is 12.3. The number of nitrogens with one attached hydrogen (secondary N) is 1. The van der Waals surface area contributed by atoms with Gasteiger partial charge in [0.1, 0.15) is 10.7 Å². The van der Waals surface area contributed by atoms with Gasteiger partial charge in [0.05, 0.1) is 5.69 Å². The van der Waals surface area contributed by atoms with Gasteiger partial charge in [-0.15, -0.1) is 11.0 Å². The Balaban J connectivity index is 2.48. The smallest absolute Gasteiger partial charge is 0.286 e. The van der Waals surface area contributed by atoms with Gasteiger partial charge in [0.15, 0.2) is 0 Å². The number of benzene rings is 1. The van der Waals surface area contributed by atoms with Gasteiger partial charge in [-0.05, 0) is 31.5 Å². The molecule has 0 saturated carbocycles. The molecule has 1 N–H and O–H groups in total. The van der Waals surface area contributed by atoms with Crippen molar-refractivity contribution in [3.63, 3.8) is 0 Å². The number of carbonyl (C=O) groups excluding carboxylic acids is 1. The first kappa shape index (κ1) is 16.2. The summed E-state index contributed by atoms with van der Waals surface area (Å²) in [6.45, 7) is 8.19. The molecule has 0 spiro atoms. The number of amides is 1. The molecule has 0 saturated heterocycles. The van der Waals surface area contributed by atoms with Crippen LogP contribution in [0, 0.1) is 0 Å². The van der Waals surface area contributed by atoms with E-state index in [1.54, 1.807) is 25.1 Å². The third kappa shape index (κ3) is 3.04. The number of anilines is 1. The predicted octanol–water partition coefficient (Wildman–Crippen LogP) is 1.94. The number of hydrogen-bond donors (Lipinski definition) is 1. The Hall–Kier alpha value is -2.15. The molecule has 0 fully saturated rings. The Morgan fingerprint density at radius 2 is 2.18 bits per heavy atom. The molecule has 1 heterocycles. The molecule has 7 heteroatoms. The first-order valence-electron chi connectivity index (χ1n) is 7.03. The first-order valence-corrected chi connectivity index (χ1v) is 8.47. The van der Waals surface area contributed by atoms with Gasteiger partial charge in [-0.25, -0.2) is 0 Å². The largest absolute Gasteiger partial charge is 0.349 e. The monoisotopic (exact) mass is 321 g/mol. The maximum Gasteiger partial charge on any atom is 0.286 e. The third-order valence-corrected chi connectivity index (χ3v) is 4.68. The summed E-state index contributed by atoms with van der Waals surface area (Å²) in [4.78, 5) is 13.9. The quantitative estimate of drug-likeness (QED) is 0.841. The van der Waals surface area contributed by atoms with Gasteiger partial charge in [-0.1, -0.05) is 13.0 Å². The average molecular weight is 321 g/mol. The van der Waals surface area contributed by atoms with Gasteiger partial charge in [0, 0.05) is 18.7 Å². The molecular weight excluding hydrogens is 302 g/mol. The zero-order valence-electron chi connectivity index (χ0n) is 12.7. The van der Waals surface area contributed by atoms with E-state index in [-0.39, 0.29) is 16.4 Å². The fraction of sp³-hybridized carbons (Fsp3) is 0.333. The number of rotatable bonds is 5. The van der Waals surface area contributed by atoms with Gasteiger partial charge < -0.3 is 10.2 Å². The lowest BCUT2D eigenvalue weighted by Crippen LogP contribution is -2.34. The average Bonchev–Trinajstić information content (AvgIpc) is 2.48. The molecule has 0 aromatic heterocycles. The molecule has 1 amide bonds. The summed E-state index contributed by atoms with van der Waals surface area (Å²) in [7, 11) is -3.77. The highest BCUT2D eigenvalue weighted by molar-refractivity contribution is 7.90. The zero-order chi connectivity index (χ0) is 16.3. The molecule has 0 aliphatic carbocycles. The van der Waals surface area contributed by atoms with Crippen LogP contribution in [0.1, 0.15) is 30.6 Å². The molecule has 0 bridgehead atoms. The molecule has 1 aromatic carbocycles. The maximum absolute atomic E-state index is 12.3. The van der Waals surface area contributed by atoms with Crippen LogP contribution in [0.3, 0.4) is 0 Å². The van der Waals surface area contributed by atoms with Crippen molar-refractivity contribution in [1.82, 2.24) is 5.32 Å². The van der Waals surface area contributed by atoms with Crippen molar-refractivity contribution in [3.8, 4) is 0 Å². The Morgan fingerprint density at radius 3 is 2.82 bits per heavy atom. The van der Waals surface area contributed by atoms with Crippen LogP contribution in [-0.4, -0.2) is 33.3 Å². The van der Waals surface area contributed by atoms with Crippen molar-refractivity contribution in [2.45, 2.75) is 25.2 Å². The SMILES string of the molecule is C=CCNC(=O)c1ccc2c(c1)S(=O)(=O)N=C(C)N2CCC. The molecule has 1 aliphatic rings. The molecule has 0 radical (unpaired) electrons. The molecule has 1 aromatic rings. The van der Waals surface area contributed by atoms with Gasteiger partial charge in [-0.2, -0.15) is 8.42 Å². The van der Waals surface area contributed by atoms with Crippen LogP contribution in [0.4, 0.5) is 5.69 Å². The van der Waals surface area contributed by atoms with E-state index in [1.165, 1.54) is 6.07 Å². The number of fused-ring (bicyclic) bond motifs is 1. The van der Waals surface area contributed by atoms with E-state index in [0.717, 1.165) is 6.42 Å². The van der Waals surface area contributed by atoms with Crippen LogP contribution in [0.5, 0.6) is 0 Å². The topological polar surface area (TPSA) is 78.8 Å². The highest BCUT2D eigenvalue weighted by Crippen LogP contribution is 2.32. The molecule has 1 aliphatic heterocycles. The molecule has 6 nitrogen and oxygen atoms in total. The fourth-order valence-electron chi connectivity index (χ4n) is 2.30. The Labute approximate surface area is 130 Å². The van der Waals surface area contributed by atoms with Crippen molar-refractivity contribution < 1.29 is 13.2 Å². The van der Waals surface area contributed by atoms with E-state index in [0.29, 0.717) is 24.6 Å². The normalized spacial score (nSPS) is 15.7. The van der Waals surface area contributed by atoms with Crippen molar-refractivity contribution in [2.24, 2.45) is 4.40 Å². The fourth-order valence-corrected chi connectivity index (χ4v) is 3.57. The van der Waals surface area contributed by atoms with Crippen LogP contribution in [0.2, 0.25) is 0 Å². The van der Waals surface area contributed by atoms with Crippen LogP contribution in [0.15, 0.2) is 40.1 Å². The number of nitrogens with zero attached hydrogens (tertiary/aromatic N) is 2. The highest BCUT2D eigenvalue weighted by atomic mass is 32.2. The van der Waals surface area contributed by atoms with Crippen LogP contribution in [-0.2, 0) is 10.0 Å². The number of amidine groups is 1. The summed E-state index contributed by atoms with van der Waals surface area (Å²) in [6, 6.07) is 4.65. The molecule has 22 heavy (non-hydrogen) atoms. The van der Waals surface area contributed by atoms with Gasteiger partial charge >= 0.3 is 0 Å². The zero-order valence-corrected chi connectivity index (χ0v) is 13.5. The van der Waals surface area contributed by atoms with Crippen LogP contribution in [0.25, 0.3) is 0 Å². The minimum Gasteiger partial charge on any atom is -0.349 e. The van der Waals surface area contributed by atoms with E-state index < -0.39 is 10.0 Å². The summed E-state index contributed by atoms with van der Waals surface area (Å²) in [5.41, 5.74) is 0.852. The number of hydrogen-bond acceptors (Lipinski definition) is 4. The van der Waals surface area contributed by atoms with Crippen LogP contribution < -0.4 is 10.2 Å². The minimum atomic E-state index is -3.77. The second-order valence-electron chi connectivity index (χ2n) is 4.95. The standard InChI is InChI=1S/C15H19N3O3S/c1-4-8-16-15(19)12-6-7-13-14(10-12)22(20,21)17-11(3)18(13)9-5-2/h4,6-7,10H,1,5,8-9H2,2-3H3,(H,16,19). The van der Waals surface area contributed by atoms with Gasteiger partial charge in [0.25, 0.3) is 15.9 Å². The molecule has 0 unspecified atom stereocenters. The Morgan fingerprint density at radius 1 is 1.45 bits per heavy atom. The molecule has 2 rings (SSSR count). The Kier molecular flexibility index (Phi) is 4.65. The second kappa shape index (κ2) is 6.31. The Bertz CT molecular complexity index is 738. The summed E-state index contributed by atoms with van der Waals surface area (Å²) in [6.07, 6.45) is 2.41. The molecular formula is C15H19N3O3S.